The zero-order valence-corrected chi connectivity index (χ0v) is 15.2. The van der Waals surface area contributed by atoms with E-state index in [-0.39, 0.29) is 23.7 Å². The van der Waals surface area contributed by atoms with Gasteiger partial charge in [0.15, 0.2) is 0 Å². The Hall–Kier alpha value is -3.95. The molecule has 0 unspecified atom stereocenters. The van der Waals surface area contributed by atoms with Crippen LogP contribution in [0, 0.1) is 0 Å². The van der Waals surface area contributed by atoms with Gasteiger partial charge in [-0.1, -0.05) is 0 Å². The second-order valence-corrected chi connectivity index (χ2v) is 5.84. The van der Waals surface area contributed by atoms with Crippen molar-refractivity contribution >= 4 is 23.2 Å². The number of carbonyl (C=O) groups excluding carboxylic acids is 2. The minimum atomic E-state index is -0.488. The van der Waals surface area contributed by atoms with Crippen molar-refractivity contribution in [2.75, 3.05) is 17.7 Å². The van der Waals surface area contributed by atoms with Crippen LogP contribution in [0.15, 0.2) is 53.6 Å². The van der Waals surface area contributed by atoms with Gasteiger partial charge >= 0.3 is 0 Å². The fraction of sp³-hybridized carbons (Fsp3) is 0.167. The summed E-state index contributed by atoms with van der Waals surface area (Å²) >= 11 is 0. The molecule has 0 aliphatic carbocycles. The maximum Gasteiger partial charge on any atom is 0.276 e. The Bertz CT molecular complexity index is 1050. The second kappa shape index (κ2) is 8.16. The number of hydrogen-bond acceptors (Lipinski definition) is 6. The third kappa shape index (κ3) is 4.61. The Balaban J connectivity index is 1.58. The van der Waals surface area contributed by atoms with Gasteiger partial charge in [-0.3, -0.25) is 19.1 Å². The normalized spacial score (nSPS) is 10.4. The first kappa shape index (κ1) is 18.8. The van der Waals surface area contributed by atoms with Gasteiger partial charge in [0.1, 0.15) is 18.0 Å². The van der Waals surface area contributed by atoms with E-state index in [1.165, 1.54) is 36.3 Å². The van der Waals surface area contributed by atoms with E-state index in [0.29, 0.717) is 17.1 Å². The molecule has 2 N–H and O–H groups in total. The van der Waals surface area contributed by atoms with Crippen LogP contribution in [0.25, 0.3) is 0 Å². The van der Waals surface area contributed by atoms with Gasteiger partial charge in [0.05, 0.1) is 19.0 Å². The molecule has 28 heavy (non-hydrogen) atoms. The second-order valence-electron chi connectivity index (χ2n) is 5.84. The van der Waals surface area contributed by atoms with E-state index in [2.05, 4.69) is 20.8 Å². The topological polar surface area (TPSA) is 120 Å². The van der Waals surface area contributed by atoms with Crippen LogP contribution in [-0.2, 0) is 18.4 Å². The molecule has 144 valence electrons. The van der Waals surface area contributed by atoms with Gasteiger partial charge in [-0.15, -0.1) is 0 Å². The molecule has 3 aromatic rings. The summed E-state index contributed by atoms with van der Waals surface area (Å²) in [5, 5.41) is 13.3. The van der Waals surface area contributed by atoms with Gasteiger partial charge in [-0.05, 0) is 30.3 Å². The van der Waals surface area contributed by atoms with E-state index in [4.69, 9.17) is 4.74 Å². The third-order valence-corrected chi connectivity index (χ3v) is 3.76. The molecule has 2 heterocycles. The molecule has 0 bridgehead atoms. The number of benzene rings is 1. The van der Waals surface area contributed by atoms with Crippen LogP contribution < -0.4 is 20.9 Å². The van der Waals surface area contributed by atoms with E-state index >= 15 is 0 Å². The van der Waals surface area contributed by atoms with E-state index in [0.717, 1.165) is 4.68 Å². The first-order valence-corrected chi connectivity index (χ1v) is 8.26. The summed E-state index contributed by atoms with van der Waals surface area (Å²) in [7, 11) is 3.02. The van der Waals surface area contributed by atoms with Gasteiger partial charge in [0.2, 0.25) is 5.91 Å². The van der Waals surface area contributed by atoms with Crippen molar-refractivity contribution in [3.63, 3.8) is 0 Å². The fourth-order valence-electron chi connectivity index (χ4n) is 2.36. The number of methoxy groups -OCH3 is 1. The van der Waals surface area contributed by atoms with Crippen molar-refractivity contribution in [3.05, 3.63) is 64.8 Å². The van der Waals surface area contributed by atoms with Gasteiger partial charge in [-0.2, -0.15) is 10.2 Å². The first-order chi connectivity index (χ1) is 13.4. The molecule has 0 saturated carbocycles. The Morgan fingerprint density at radius 2 is 1.82 bits per heavy atom. The fourth-order valence-corrected chi connectivity index (χ4v) is 2.36. The molecule has 0 radical (unpaired) electrons. The summed E-state index contributed by atoms with van der Waals surface area (Å²) in [5.74, 6) is -0.0675. The lowest BCUT2D eigenvalue weighted by Gasteiger charge is -2.06. The quantitative estimate of drug-likeness (QED) is 0.653. The average Bonchev–Trinajstić information content (AvgIpc) is 3.11. The van der Waals surface area contributed by atoms with Crippen molar-refractivity contribution < 1.29 is 14.3 Å². The molecule has 10 nitrogen and oxygen atoms in total. The zero-order chi connectivity index (χ0) is 20.1. The van der Waals surface area contributed by atoms with Crippen molar-refractivity contribution in [3.8, 4) is 5.75 Å². The number of anilines is 2. The van der Waals surface area contributed by atoms with Crippen LogP contribution in [0.2, 0.25) is 0 Å². The minimum absolute atomic E-state index is 0.0278. The monoisotopic (exact) mass is 382 g/mol. The number of nitrogens with one attached hydrogen (secondary N) is 2. The summed E-state index contributed by atoms with van der Waals surface area (Å²) in [6.45, 7) is -0.0278. The van der Waals surface area contributed by atoms with E-state index < -0.39 is 5.91 Å². The molecular weight excluding hydrogens is 364 g/mol. The number of aryl methyl sites for hydroxylation is 1. The summed E-state index contributed by atoms with van der Waals surface area (Å²) in [4.78, 5) is 35.6. The Morgan fingerprint density at radius 1 is 1.07 bits per heavy atom. The van der Waals surface area contributed by atoms with Crippen molar-refractivity contribution in [2.45, 2.75) is 6.54 Å². The molecule has 0 aliphatic heterocycles. The Morgan fingerprint density at radius 3 is 2.50 bits per heavy atom. The van der Waals surface area contributed by atoms with Gasteiger partial charge in [0, 0.05) is 25.0 Å². The highest BCUT2D eigenvalue weighted by atomic mass is 16.5. The molecule has 3 rings (SSSR count). The lowest BCUT2D eigenvalue weighted by molar-refractivity contribution is -0.116. The average molecular weight is 382 g/mol. The Labute approximate surface area is 159 Å². The highest BCUT2D eigenvalue weighted by Gasteiger charge is 2.11. The molecule has 0 saturated heterocycles. The molecule has 0 fully saturated rings. The van der Waals surface area contributed by atoms with E-state index in [1.807, 2.05) is 0 Å². The molecule has 0 atom stereocenters. The molecule has 2 amide bonds. The maximum absolute atomic E-state index is 12.2. The summed E-state index contributed by atoms with van der Waals surface area (Å²) in [6.07, 6.45) is 2.94. The summed E-state index contributed by atoms with van der Waals surface area (Å²) in [6, 6.07) is 9.53. The predicted octanol–water partition coefficient (Wildman–Crippen LogP) is 0.876. The lowest BCUT2D eigenvalue weighted by atomic mass is 10.3. The van der Waals surface area contributed by atoms with Crippen molar-refractivity contribution in [2.24, 2.45) is 7.05 Å². The van der Waals surface area contributed by atoms with Crippen LogP contribution in [0.4, 0.5) is 11.4 Å². The molecule has 10 heteroatoms. The number of aromatic nitrogens is 4. The first-order valence-electron chi connectivity index (χ1n) is 8.26. The molecule has 0 aliphatic rings. The van der Waals surface area contributed by atoms with Crippen LogP contribution in [0.1, 0.15) is 10.5 Å². The standard InChI is InChI=1S/C18H18N6O4/c1-23-17(26)8-7-15(22-23)18(27)21-13-9-19-24(10-13)11-16(25)20-12-3-5-14(28-2)6-4-12/h3-10H,11H2,1-2H3,(H,20,25)(H,21,27). The van der Waals surface area contributed by atoms with Crippen LogP contribution >= 0.6 is 0 Å². The number of nitrogens with zero attached hydrogens (tertiary/aromatic N) is 4. The minimum Gasteiger partial charge on any atom is -0.497 e. The highest BCUT2D eigenvalue weighted by molar-refractivity contribution is 6.02. The van der Waals surface area contributed by atoms with E-state index in [1.54, 1.807) is 31.4 Å². The van der Waals surface area contributed by atoms with Crippen LogP contribution in [-0.4, -0.2) is 38.5 Å². The summed E-state index contributed by atoms with van der Waals surface area (Å²) < 4.78 is 7.53. The maximum atomic E-state index is 12.2. The number of ether oxygens (including phenoxy) is 1. The molecule has 1 aromatic carbocycles. The number of hydrogen-bond donors (Lipinski definition) is 2. The van der Waals surface area contributed by atoms with Gasteiger partial charge in [-0.25, -0.2) is 4.68 Å². The Kier molecular flexibility index (Phi) is 5.49. The largest absolute Gasteiger partial charge is 0.497 e. The van der Waals surface area contributed by atoms with Gasteiger partial charge < -0.3 is 15.4 Å². The number of rotatable bonds is 6. The van der Waals surface area contributed by atoms with Crippen molar-refractivity contribution in [1.29, 1.82) is 0 Å². The smallest absolute Gasteiger partial charge is 0.276 e. The third-order valence-electron chi connectivity index (χ3n) is 3.76. The zero-order valence-electron chi connectivity index (χ0n) is 15.2. The summed E-state index contributed by atoms with van der Waals surface area (Å²) in [5.41, 5.74) is 0.810. The SMILES string of the molecule is COc1ccc(NC(=O)Cn2cc(NC(=O)c3ccc(=O)n(C)n3)cn2)cc1. The highest BCUT2D eigenvalue weighted by Crippen LogP contribution is 2.15. The van der Waals surface area contributed by atoms with Crippen LogP contribution in [0.3, 0.4) is 0 Å². The number of carbonyl (C=O) groups is 2. The van der Waals surface area contributed by atoms with Crippen molar-refractivity contribution in [1.82, 2.24) is 19.6 Å². The van der Waals surface area contributed by atoms with Gasteiger partial charge in [0.25, 0.3) is 11.5 Å². The molecule has 2 aromatic heterocycles. The molecule has 0 spiro atoms. The van der Waals surface area contributed by atoms with Crippen LogP contribution in [0.5, 0.6) is 5.75 Å². The number of amides is 2. The lowest BCUT2D eigenvalue weighted by Crippen LogP contribution is -2.23. The van der Waals surface area contributed by atoms with E-state index in [9.17, 15) is 14.4 Å². The predicted molar refractivity (Wildman–Crippen MR) is 101 cm³/mol. The molecular formula is C18H18N6O4.